The summed E-state index contributed by atoms with van der Waals surface area (Å²) in [5.41, 5.74) is -0.607. The van der Waals surface area contributed by atoms with Crippen LogP contribution < -0.4 is 20.9 Å². The molecule has 1 fully saturated rings. The maximum absolute atomic E-state index is 12.8. The lowest BCUT2D eigenvalue weighted by Crippen LogP contribution is -2.34. The maximum Gasteiger partial charge on any atom is 0.346 e. The van der Waals surface area contributed by atoms with E-state index >= 15 is 0 Å². The van der Waals surface area contributed by atoms with E-state index in [1.807, 2.05) is 0 Å². The van der Waals surface area contributed by atoms with Gasteiger partial charge in [0.15, 0.2) is 11.6 Å². The Balaban J connectivity index is 1.76. The summed E-state index contributed by atoms with van der Waals surface area (Å²) in [7, 11) is -7.93. The summed E-state index contributed by atoms with van der Waals surface area (Å²) < 4.78 is 42.8. The number of anilines is 2. The van der Waals surface area contributed by atoms with Gasteiger partial charge in [-0.15, -0.1) is 0 Å². The van der Waals surface area contributed by atoms with Crippen molar-refractivity contribution in [2.75, 3.05) is 16.3 Å². The van der Waals surface area contributed by atoms with E-state index in [0.717, 1.165) is 25.3 Å². The fraction of sp³-hybridized carbons (Fsp3) is 0.312. The Morgan fingerprint density at radius 3 is 2.76 bits per heavy atom. The van der Waals surface area contributed by atoms with Crippen LogP contribution in [-0.4, -0.2) is 40.3 Å². The fourth-order valence-electron chi connectivity index (χ4n) is 2.99. The fourth-order valence-corrected chi connectivity index (χ4v) is 4.82. The predicted octanol–water partition coefficient (Wildman–Crippen LogP) is 0.413. The van der Waals surface area contributed by atoms with Crippen molar-refractivity contribution >= 4 is 40.1 Å². The summed E-state index contributed by atoms with van der Waals surface area (Å²) in [5.74, 6) is -0.363. The zero-order chi connectivity index (χ0) is 21.0. The minimum atomic E-state index is -4.35. The van der Waals surface area contributed by atoms with Crippen LogP contribution in [-0.2, 0) is 21.1 Å². The summed E-state index contributed by atoms with van der Waals surface area (Å²) in [6, 6.07) is 3.98. The van der Waals surface area contributed by atoms with Crippen molar-refractivity contribution in [3.05, 3.63) is 40.3 Å². The maximum atomic E-state index is 12.8. The molecule has 1 atom stereocenters. The lowest BCUT2D eigenvalue weighted by atomic mass is 10.2. The van der Waals surface area contributed by atoms with Gasteiger partial charge < -0.3 is 15.3 Å². The second kappa shape index (κ2) is 6.68. The molecule has 29 heavy (non-hydrogen) atoms. The van der Waals surface area contributed by atoms with Crippen LogP contribution in [0.1, 0.15) is 18.4 Å². The van der Waals surface area contributed by atoms with E-state index in [1.165, 1.54) is 22.9 Å². The second-order valence-electron chi connectivity index (χ2n) is 7.06. The number of benzene rings is 1. The molecule has 13 heteroatoms. The average molecular weight is 439 g/mol. The molecule has 0 spiro atoms. The van der Waals surface area contributed by atoms with Gasteiger partial charge in [-0.05, 0) is 37.0 Å². The molecule has 0 bridgehead atoms. The van der Waals surface area contributed by atoms with Crippen molar-refractivity contribution in [3.63, 3.8) is 0 Å². The van der Waals surface area contributed by atoms with Gasteiger partial charge in [0.1, 0.15) is 5.56 Å². The highest BCUT2D eigenvalue weighted by molar-refractivity contribution is 7.92. The highest BCUT2D eigenvalue weighted by atomic mass is 32.2. The van der Waals surface area contributed by atoms with Crippen LogP contribution in [0.15, 0.2) is 34.0 Å². The Hall–Kier alpha value is -2.69. The summed E-state index contributed by atoms with van der Waals surface area (Å²) in [6.45, 7) is 0.396. The monoisotopic (exact) mass is 439 g/mol. The molecule has 1 aliphatic carbocycles. The van der Waals surface area contributed by atoms with Crippen molar-refractivity contribution in [1.29, 1.82) is 0 Å². The Labute approximate surface area is 165 Å². The first-order chi connectivity index (χ1) is 13.5. The molecule has 0 amide bonds. The number of nitrogens with zero attached hydrogens (tertiary/aromatic N) is 3. The predicted molar refractivity (Wildman–Crippen MR) is 107 cm³/mol. The Morgan fingerprint density at radius 1 is 1.38 bits per heavy atom. The molecule has 1 saturated carbocycles. The molecular weight excluding hydrogens is 421 g/mol. The van der Waals surface area contributed by atoms with Crippen LogP contribution in [0.5, 0.6) is 5.75 Å². The number of amidine groups is 1. The third-order valence-electron chi connectivity index (χ3n) is 4.49. The largest absolute Gasteiger partial charge is 0.505 e. The summed E-state index contributed by atoms with van der Waals surface area (Å²) in [6.07, 6.45) is 4.04. The summed E-state index contributed by atoms with van der Waals surface area (Å²) >= 11 is 0. The molecule has 1 aliphatic heterocycles. The molecule has 2 aromatic rings. The first-order valence-corrected chi connectivity index (χ1v) is 12.2. The topological polar surface area (TPSA) is 163 Å². The van der Waals surface area contributed by atoms with E-state index in [4.69, 9.17) is 0 Å². The van der Waals surface area contributed by atoms with Crippen LogP contribution >= 0.6 is 7.52 Å². The Bertz CT molecular complexity index is 1250. The Kier molecular flexibility index (Phi) is 4.52. The van der Waals surface area contributed by atoms with Crippen LogP contribution in [0.2, 0.25) is 0 Å². The molecule has 2 heterocycles. The number of rotatable bonds is 5. The molecule has 0 radical (unpaired) electrons. The second-order valence-corrected chi connectivity index (χ2v) is 10.6. The molecule has 4 rings (SSSR count). The summed E-state index contributed by atoms with van der Waals surface area (Å²) in [5, 5.41) is 16.7. The van der Waals surface area contributed by atoms with E-state index in [1.54, 1.807) is 0 Å². The lowest BCUT2D eigenvalue weighted by Gasteiger charge is -2.23. The quantitative estimate of drug-likeness (QED) is 0.487. The molecule has 11 nitrogen and oxygen atoms in total. The van der Waals surface area contributed by atoms with Gasteiger partial charge in [-0.3, -0.25) is 14.1 Å². The molecule has 0 saturated heterocycles. The van der Waals surface area contributed by atoms with Crippen molar-refractivity contribution in [3.8, 4) is 5.75 Å². The van der Waals surface area contributed by atoms with Crippen LogP contribution in [0.25, 0.3) is 0 Å². The van der Waals surface area contributed by atoms with Gasteiger partial charge >= 0.3 is 7.52 Å². The number of sulfonamides is 1. The van der Waals surface area contributed by atoms with Gasteiger partial charge in [-0.1, -0.05) is 0 Å². The van der Waals surface area contributed by atoms with E-state index in [9.17, 15) is 27.8 Å². The van der Waals surface area contributed by atoms with Gasteiger partial charge in [-0.2, -0.15) is 9.86 Å². The lowest BCUT2D eigenvalue weighted by molar-refractivity contribution is 0.452. The minimum absolute atomic E-state index is 0.0968. The highest BCUT2D eigenvalue weighted by Gasteiger charge is 2.33. The third-order valence-corrected chi connectivity index (χ3v) is 6.57. The number of nitrogens with one attached hydrogen (secondary N) is 2. The zero-order valence-electron chi connectivity index (χ0n) is 15.2. The summed E-state index contributed by atoms with van der Waals surface area (Å²) in [4.78, 5) is 23.2. The SMILES string of the molecule is CS(=O)(=O)Nc1ccc2c(c1)P(=O)(O)N=C(c1c(O)cnn(CC3CC3)c1=O)N2. The average Bonchev–Trinajstić information content (AvgIpc) is 3.40. The number of aromatic hydroxyl groups is 1. The van der Waals surface area contributed by atoms with E-state index in [0.29, 0.717) is 12.5 Å². The number of hydrogen-bond acceptors (Lipinski definition) is 7. The Morgan fingerprint density at radius 2 is 2.10 bits per heavy atom. The van der Waals surface area contributed by atoms with Crippen LogP contribution in [0.3, 0.4) is 0 Å². The smallest absolute Gasteiger partial charge is 0.346 e. The normalized spacial score (nSPS) is 21.1. The molecule has 1 aromatic heterocycles. The van der Waals surface area contributed by atoms with Gasteiger partial charge in [0, 0.05) is 12.2 Å². The minimum Gasteiger partial charge on any atom is -0.505 e. The van der Waals surface area contributed by atoms with Crippen LogP contribution in [0.4, 0.5) is 11.4 Å². The molecule has 4 N–H and O–H groups in total. The third kappa shape index (κ3) is 4.04. The van der Waals surface area contributed by atoms with Gasteiger partial charge in [0.2, 0.25) is 10.0 Å². The van der Waals surface area contributed by atoms with Crippen LogP contribution in [0, 0.1) is 5.92 Å². The van der Waals surface area contributed by atoms with E-state index in [2.05, 4.69) is 19.9 Å². The van der Waals surface area contributed by atoms with E-state index in [-0.39, 0.29) is 28.1 Å². The van der Waals surface area contributed by atoms with Gasteiger partial charge in [0.05, 0.1) is 23.4 Å². The van der Waals surface area contributed by atoms with Crippen molar-refractivity contribution in [2.24, 2.45) is 10.7 Å². The highest BCUT2D eigenvalue weighted by Crippen LogP contribution is 2.47. The standard InChI is InChI=1S/C16H18N5O6PS/c1-29(26,27)20-10-4-5-11-13(6-10)28(24,25)19-15(18-11)14-12(22)7-17-21(16(14)23)8-9-2-3-9/h4-7,9,20,22H,2-3,8H2,1H3,(H2,18,19,24,25). The van der Waals surface area contributed by atoms with Gasteiger partial charge in [0.25, 0.3) is 5.56 Å². The molecular formula is C16H18N5O6PS. The first kappa shape index (κ1) is 19.6. The molecule has 1 unspecified atom stereocenters. The number of aromatic nitrogens is 2. The molecule has 154 valence electrons. The van der Waals surface area contributed by atoms with E-state index < -0.39 is 28.9 Å². The van der Waals surface area contributed by atoms with Crippen molar-refractivity contribution in [1.82, 2.24) is 9.78 Å². The number of hydrogen-bond donors (Lipinski definition) is 4. The molecule has 1 aromatic carbocycles. The van der Waals surface area contributed by atoms with Gasteiger partial charge in [-0.25, -0.2) is 13.1 Å². The zero-order valence-corrected chi connectivity index (χ0v) is 16.9. The van der Waals surface area contributed by atoms with Crippen molar-refractivity contribution < 1.29 is 23.0 Å². The first-order valence-electron chi connectivity index (χ1n) is 8.65. The molecule has 2 aliphatic rings. The van der Waals surface area contributed by atoms with Crippen molar-refractivity contribution in [2.45, 2.75) is 19.4 Å². The number of fused-ring (bicyclic) bond motifs is 1.